The molecule has 0 aromatic heterocycles. The number of hydrogen-bond acceptors (Lipinski definition) is 5. The van der Waals surface area contributed by atoms with Gasteiger partial charge in [0, 0.05) is 0 Å². The van der Waals surface area contributed by atoms with Gasteiger partial charge in [-0.15, -0.1) is 5.06 Å². The van der Waals surface area contributed by atoms with Crippen LogP contribution >= 0.6 is 0 Å². The van der Waals surface area contributed by atoms with Gasteiger partial charge in [-0.05, 0) is 12.5 Å². The average molecular weight is 237 g/mol. The summed E-state index contributed by atoms with van der Waals surface area (Å²) in [5.74, 6) is 0. The highest BCUT2D eigenvalue weighted by Crippen LogP contribution is 2.20. The van der Waals surface area contributed by atoms with Crippen LogP contribution in [0.3, 0.4) is 0 Å². The first-order valence-electron chi connectivity index (χ1n) is 5.56. The van der Waals surface area contributed by atoms with Gasteiger partial charge >= 0.3 is 6.16 Å². The van der Waals surface area contributed by atoms with E-state index in [1.165, 1.54) is 0 Å². The SMILES string of the molecule is CCOC(=O)OC1CN1OCc1ccccc1. The van der Waals surface area contributed by atoms with Gasteiger partial charge in [0.25, 0.3) is 0 Å². The van der Waals surface area contributed by atoms with Crippen LogP contribution in [0.1, 0.15) is 12.5 Å². The van der Waals surface area contributed by atoms with Crippen molar-refractivity contribution in [2.24, 2.45) is 0 Å². The summed E-state index contributed by atoms with van der Waals surface area (Å²) < 4.78 is 9.60. The van der Waals surface area contributed by atoms with E-state index in [1.807, 2.05) is 30.3 Å². The second-order valence-corrected chi connectivity index (χ2v) is 3.61. The van der Waals surface area contributed by atoms with E-state index in [4.69, 9.17) is 9.57 Å². The minimum atomic E-state index is -0.650. The largest absolute Gasteiger partial charge is 0.509 e. The summed E-state index contributed by atoms with van der Waals surface area (Å²) >= 11 is 0. The Morgan fingerprint density at radius 1 is 1.41 bits per heavy atom. The molecular formula is C12H15NO4. The Morgan fingerprint density at radius 3 is 2.88 bits per heavy atom. The van der Waals surface area contributed by atoms with Crippen LogP contribution in [0.2, 0.25) is 0 Å². The molecule has 1 aliphatic rings. The number of rotatable bonds is 5. The number of nitrogens with zero attached hydrogens (tertiary/aromatic N) is 1. The number of benzene rings is 1. The molecule has 17 heavy (non-hydrogen) atoms. The zero-order chi connectivity index (χ0) is 12.1. The summed E-state index contributed by atoms with van der Waals surface area (Å²) in [6, 6.07) is 9.81. The standard InChI is InChI=1S/C12H15NO4/c1-2-15-12(14)17-11-8-13(11)16-9-10-6-4-3-5-7-10/h3-7,11H,2,8-9H2,1H3. The maximum Gasteiger partial charge on any atom is 0.509 e. The lowest BCUT2D eigenvalue weighted by atomic mass is 10.2. The van der Waals surface area contributed by atoms with Gasteiger partial charge < -0.3 is 9.47 Å². The predicted octanol–water partition coefficient (Wildman–Crippen LogP) is 1.93. The molecule has 2 rings (SSSR count). The quantitative estimate of drug-likeness (QED) is 0.578. The highest BCUT2D eigenvalue weighted by atomic mass is 16.8. The minimum Gasteiger partial charge on any atom is -0.435 e. The molecular weight excluding hydrogens is 222 g/mol. The van der Waals surface area contributed by atoms with Crippen LogP contribution in [0, 0.1) is 0 Å². The van der Waals surface area contributed by atoms with Crippen molar-refractivity contribution in [1.29, 1.82) is 0 Å². The van der Waals surface area contributed by atoms with Crippen molar-refractivity contribution >= 4 is 6.16 Å². The van der Waals surface area contributed by atoms with E-state index in [2.05, 4.69) is 4.74 Å². The van der Waals surface area contributed by atoms with Crippen LogP contribution in [-0.4, -0.2) is 30.6 Å². The monoisotopic (exact) mass is 237 g/mol. The van der Waals surface area contributed by atoms with Crippen molar-refractivity contribution in [3.05, 3.63) is 35.9 Å². The molecule has 0 radical (unpaired) electrons. The van der Waals surface area contributed by atoms with E-state index >= 15 is 0 Å². The van der Waals surface area contributed by atoms with Crippen molar-refractivity contribution in [2.75, 3.05) is 13.2 Å². The molecule has 5 heteroatoms. The lowest BCUT2D eigenvalue weighted by molar-refractivity contribution is -0.121. The molecule has 2 unspecified atom stereocenters. The Labute approximate surface area is 99.8 Å². The van der Waals surface area contributed by atoms with Crippen molar-refractivity contribution in [3.8, 4) is 0 Å². The first-order chi connectivity index (χ1) is 8.29. The van der Waals surface area contributed by atoms with E-state index in [0.29, 0.717) is 19.8 Å². The third-order valence-electron chi connectivity index (χ3n) is 2.26. The van der Waals surface area contributed by atoms with Crippen molar-refractivity contribution in [2.45, 2.75) is 19.8 Å². The van der Waals surface area contributed by atoms with Gasteiger partial charge in [0.2, 0.25) is 0 Å². The molecule has 0 amide bonds. The third-order valence-corrected chi connectivity index (χ3v) is 2.26. The maximum absolute atomic E-state index is 11.0. The lowest BCUT2D eigenvalue weighted by Crippen LogP contribution is -2.13. The number of carbonyl (C=O) groups excluding carboxylic acids is 1. The zero-order valence-electron chi connectivity index (χ0n) is 9.67. The summed E-state index contributed by atoms with van der Waals surface area (Å²) in [6.07, 6.45) is -0.957. The normalized spacial score (nSPS) is 21.9. The van der Waals surface area contributed by atoms with Gasteiger partial charge in [-0.25, -0.2) is 4.79 Å². The summed E-state index contributed by atoms with van der Waals surface area (Å²) in [4.78, 5) is 16.4. The molecule has 1 aliphatic heterocycles. The second kappa shape index (κ2) is 5.65. The fourth-order valence-electron chi connectivity index (χ4n) is 1.33. The van der Waals surface area contributed by atoms with E-state index < -0.39 is 6.16 Å². The van der Waals surface area contributed by atoms with Gasteiger partial charge in [-0.3, -0.25) is 4.84 Å². The number of hydrogen-bond donors (Lipinski definition) is 0. The van der Waals surface area contributed by atoms with Crippen molar-refractivity contribution in [3.63, 3.8) is 0 Å². The summed E-state index contributed by atoms with van der Waals surface area (Å²) in [7, 11) is 0. The Morgan fingerprint density at radius 2 is 2.18 bits per heavy atom. The summed E-state index contributed by atoms with van der Waals surface area (Å²) in [5.41, 5.74) is 1.08. The van der Waals surface area contributed by atoms with E-state index in [0.717, 1.165) is 5.56 Å². The number of carbonyl (C=O) groups is 1. The fourth-order valence-corrected chi connectivity index (χ4v) is 1.33. The molecule has 5 nitrogen and oxygen atoms in total. The zero-order valence-corrected chi connectivity index (χ0v) is 9.67. The number of ether oxygens (including phenoxy) is 2. The van der Waals surface area contributed by atoms with Crippen LogP contribution in [0.4, 0.5) is 4.79 Å². The van der Waals surface area contributed by atoms with Crippen LogP contribution in [0.15, 0.2) is 30.3 Å². The topological polar surface area (TPSA) is 47.8 Å². The van der Waals surface area contributed by atoms with Gasteiger partial charge in [0.1, 0.15) is 0 Å². The Balaban J connectivity index is 1.65. The highest BCUT2D eigenvalue weighted by molar-refractivity contribution is 5.60. The predicted molar refractivity (Wildman–Crippen MR) is 59.8 cm³/mol. The second-order valence-electron chi connectivity index (χ2n) is 3.61. The Kier molecular flexibility index (Phi) is 3.95. The van der Waals surface area contributed by atoms with Gasteiger partial charge in [-0.1, -0.05) is 30.3 Å². The molecule has 1 fully saturated rings. The van der Waals surface area contributed by atoms with Crippen LogP contribution < -0.4 is 0 Å². The molecule has 1 saturated heterocycles. The molecule has 0 spiro atoms. The molecule has 0 saturated carbocycles. The summed E-state index contributed by atoms with van der Waals surface area (Å²) in [6.45, 7) is 3.11. The first kappa shape index (κ1) is 11.9. The number of hydroxylamine groups is 2. The van der Waals surface area contributed by atoms with Gasteiger partial charge in [0.15, 0.2) is 6.23 Å². The van der Waals surface area contributed by atoms with E-state index in [1.54, 1.807) is 12.0 Å². The maximum atomic E-state index is 11.0. The average Bonchev–Trinajstić information content (AvgIpc) is 3.06. The van der Waals surface area contributed by atoms with Crippen LogP contribution in [0.5, 0.6) is 0 Å². The minimum absolute atomic E-state index is 0.308. The Bertz CT molecular complexity index is 368. The molecule has 2 atom stereocenters. The van der Waals surface area contributed by atoms with Gasteiger partial charge in [0.05, 0.1) is 19.8 Å². The van der Waals surface area contributed by atoms with E-state index in [-0.39, 0.29) is 6.23 Å². The molecule has 1 aromatic rings. The molecule has 1 heterocycles. The molecule has 92 valence electrons. The van der Waals surface area contributed by atoms with Crippen molar-refractivity contribution in [1.82, 2.24) is 5.06 Å². The first-order valence-corrected chi connectivity index (χ1v) is 5.56. The van der Waals surface area contributed by atoms with Crippen LogP contribution in [-0.2, 0) is 20.9 Å². The summed E-state index contributed by atoms with van der Waals surface area (Å²) in [5, 5.41) is 1.60. The highest BCUT2D eigenvalue weighted by Gasteiger charge is 2.40. The fraction of sp³-hybridized carbons (Fsp3) is 0.417. The smallest absolute Gasteiger partial charge is 0.435 e. The Hall–Kier alpha value is -1.59. The third kappa shape index (κ3) is 3.72. The molecule has 0 N–H and O–H groups in total. The molecule has 1 aromatic carbocycles. The molecule has 0 aliphatic carbocycles. The lowest BCUT2D eigenvalue weighted by Gasteiger charge is -2.06. The van der Waals surface area contributed by atoms with Crippen LogP contribution in [0.25, 0.3) is 0 Å². The van der Waals surface area contributed by atoms with E-state index in [9.17, 15) is 4.79 Å². The van der Waals surface area contributed by atoms with Crippen molar-refractivity contribution < 1.29 is 19.1 Å². The molecule has 0 bridgehead atoms. The van der Waals surface area contributed by atoms with Gasteiger partial charge in [-0.2, -0.15) is 0 Å².